The van der Waals surface area contributed by atoms with Crippen molar-refractivity contribution in [3.05, 3.63) is 70.0 Å². The molecule has 10 heteroatoms. The molecule has 0 unspecified atom stereocenters. The molecule has 3 aromatic rings. The number of nitrogens with zero attached hydrogens (tertiary/aromatic N) is 3. The molecule has 176 valence electrons. The zero-order chi connectivity index (χ0) is 23.7. The molecule has 0 saturated carbocycles. The summed E-state index contributed by atoms with van der Waals surface area (Å²) in [5.41, 5.74) is 2.93. The van der Waals surface area contributed by atoms with E-state index in [2.05, 4.69) is 10.4 Å². The quantitative estimate of drug-likeness (QED) is 0.580. The highest BCUT2D eigenvalue weighted by molar-refractivity contribution is 6.30. The van der Waals surface area contributed by atoms with Crippen LogP contribution in [0, 0.1) is 0 Å². The molecule has 3 heterocycles. The lowest BCUT2D eigenvalue weighted by Crippen LogP contribution is -2.39. The molecule has 0 fully saturated rings. The van der Waals surface area contributed by atoms with Crippen LogP contribution in [0.1, 0.15) is 27.3 Å². The molecular formula is C24H23ClN4O5. The highest BCUT2D eigenvalue weighted by Gasteiger charge is 2.29. The fourth-order valence-electron chi connectivity index (χ4n) is 4.07. The number of halogens is 1. The van der Waals surface area contributed by atoms with Crippen LogP contribution in [0.4, 0.5) is 0 Å². The van der Waals surface area contributed by atoms with Gasteiger partial charge < -0.3 is 24.4 Å². The van der Waals surface area contributed by atoms with Gasteiger partial charge in [-0.05, 0) is 42.0 Å². The maximum atomic E-state index is 13.0. The molecule has 2 aliphatic heterocycles. The number of amides is 2. The first-order valence-corrected chi connectivity index (χ1v) is 11.2. The van der Waals surface area contributed by atoms with Crippen LogP contribution >= 0.6 is 11.6 Å². The van der Waals surface area contributed by atoms with Crippen LogP contribution in [0.25, 0.3) is 0 Å². The summed E-state index contributed by atoms with van der Waals surface area (Å²) in [5.74, 6) is 1.48. The molecular weight excluding hydrogens is 460 g/mol. The van der Waals surface area contributed by atoms with Crippen LogP contribution in [0.2, 0.25) is 5.02 Å². The maximum Gasteiger partial charge on any atom is 0.272 e. The Labute approximate surface area is 201 Å². The summed E-state index contributed by atoms with van der Waals surface area (Å²) in [6.45, 7) is 1.26. The molecule has 2 aromatic carbocycles. The monoisotopic (exact) mass is 482 g/mol. The van der Waals surface area contributed by atoms with E-state index in [4.69, 9.17) is 25.8 Å². The summed E-state index contributed by atoms with van der Waals surface area (Å²) < 4.78 is 18.0. The first kappa shape index (κ1) is 22.1. The predicted molar refractivity (Wildman–Crippen MR) is 123 cm³/mol. The Bertz CT molecular complexity index is 1240. The third-order valence-corrected chi connectivity index (χ3v) is 6.13. The Morgan fingerprint density at radius 2 is 1.94 bits per heavy atom. The van der Waals surface area contributed by atoms with Crippen molar-refractivity contribution >= 4 is 23.4 Å². The number of nitrogens with one attached hydrogen (secondary N) is 1. The standard InChI is InChI=1S/C24H23ClN4O5/c1-28-19-8-9-29(22(30)13-32-17-5-3-16(25)4-6-17)12-18(19)23(27-28)24(31)26-11-15-2-7-20-21(10-15)34-14-33-20/h2-7,10H,8-9,11-14H2,1H3,(H,26,31). The molecule has 1 N–H and O–H groups in total. The minimum atomic E-state index is -0.291. The third-order valence-electron chi connectivity index (χ3n) is 5.88. The largest absolute Gasteiger partial charge is 0.484 e. The average Bonchev–Trinajstić information content (AvgIpc) is 3.45. The minimum absolute atomic E-state index is 0.0944. The van der Waals surface area contributed by atoms with E-state index in [9.17, 15) is 9.59 Å². The number of ether oxygens (including phenoxy) is 3. The maximum absolute atomic E-state index is 13.0. The number of hydrogen-bond donors (Lipinski definition) is 1. The van der Waals surface area contributed by atoms with E-state index in [0.29, 0.717) is 54.0 Å². The fourth-order valence-corrected chi connectivity index (χ4v) is 4.20. The molecule has 0 atom stereocenters. The molecule has 0 spiro atoms. The summed E-state index contributed by atoms with van der Waals surface area (Å²) in [7, 11) is 1.81. The Hall–Kier alpha value is -3.72. The van der Waals surface area contributed by atoms with Gasteiger partial charge in [-0.3, -0.25) is 14.3 Å². The van der Waals surface area contributed by atoms with E-state index in [1.165, 1.54) is 0 Å². The van der Waals surface area contributed by atoms with Crippen molar-refractivity contribution in [2.75, 3.05) is 19.9 Å². The van der Waals surface area contributed by atoms with Crippen molar-refractivity contribution < 1.29 is 23.8 Å². The van der Waals surface area contributed by atoms with Crippen molar-refractivity contribution in [2.45, 2.75) is 19.5 Å². The van der Waals surface area contributed by atoms with E-state index in [1.807, 2.05) is 25.2 Å². The topological polar surface area (TPSA) is 94.9 Å². The van der Waals surface area contributed by atoms with Gasteiger partial charge in [-0.25, -0.2) is 0 Å². The van der Waals surface area contributed by atoms with Gasteiger partial charge in [-0.2, -0.15) is 5.10 Å². The SMILES string of the molecule is Cn1nc(C(=O)NCc2ccc3c(c2)OCO3)c2c1CCN(C(=O)COc1ccc(Cl)cc1)C2. The first-order chi connectivity index (χ1) is 16.5. The summed E-state index contributed by atoms with van der Waals surface area (Å²) in [5, 5.41) is 7.95. The number of aryl methyl sites for hydroxylation is 1. The summed E-state index contributed by atoms with van der Waals surface area (Å²) in [6.07, 6.45) is 0.612. The molecule has 0 radical (unpaired) electrons. The lowest BCUT2D eigenvalue weighted by atomic mass is 10.0. The van der Waals surface area contributed by atoms with Crippen molar-refractivity contribution in [3.63, 3.8) is 0 Å². The fraction of sp³-hybridized carbons (Fsp3) is 0.292. The van der Waals surface area contributed by atoms with Crippen molar-refractivity contribution in [1.29, 1.82) is 0 Å². The van der Waals surface area contributed by atoms with Crippen LogP contribution in [0.15, 0.2) is 42.5 Å². The predicted octanol–water partition coefficient (Wildman–Crippen LogP) is 2.70. The highest BCUT2D eigenvalue weighted by Crippen LogP contribution is 2.32. The highest BCUT2D eigenvalue weighted by atomic mass is 35.5. The van der Waals surface area contributed by atoms with Gasteiger partial charge in [0.25, 0.3) is 11.8 Å². The van der Waals surface area contributed by atoms with E-state index in [0.717, 1.165) is 16.8 Å². The van der Waals surface area contributed by atoms with Gasteiger partial charge >= 0.3 is 0 Å². The van der Waals surface area contributed by atoms with Crippen molar-refractivity contribution in [2.24, 2.45) is 7.05 Å². The van der Waals surface area contributed by atoms with Gasteiger partial charge in [0.1, 0.15) is 5.75 Å². The second-order valence-electron chi connectivity index (χ2n) is 8.08. The van der Waals surface area contributed by atoms with Crippen LogP contribution in [-0.4, -0.2) is 46.4 Å². The number of fused-ring (bicyclic) bond motifs is 2. The average molecular weight is 483 g/mol. The molecule has 5 rings (SSSR count). The zero-order valence-corrected chi connectivity index (χ0v) is 19.3. The van der Waals surface area contributed by atoms with Crippen molar-refractivity contribution in [1.82, 2.24) is 20.0 Å². The van der Waals surface area contributed by atoms with Gasteiger partial charge in [0.05, 0.1) is 0 Å². The Kier molecular flexibility index (Phi) is 6.02. The molecule has 2 amide bonds. The van der Waals surface area contributed by atoms with Gasteiger partial charge in [-0.15, -0.1) is 0 Å². The molecule has 34 heavy (non-hydrogen) atoms. The van der Waals surface area contributed by atoms with E-state index < -0.39 is 0 Å². The van der Waals surface area contributed by atoms with E-state index >= 15 is 0 Å². The molecule has 0 bridgehead atoms. The smallest absolute Gasteiger partial charge is 0.272 e. The Balaban J connectivity index is 1.23. The van der Waals surface area contributed by atoms with Gasteiger partial charge in [0.2, 0.25) is 6.79 Å². The number of benzene rings is 2. The van der Waals surface area contributed by atoms with Crippen LogP contribution in [0.5, 0.6) is 17.2 Å². The summed E-state index contributed by atoms with van der Waals surface area (Å²) in [6, 6.07) is 12.4. The molecule has 0 saturated heterocycles. The van der Waals surface area contributed by atoms with Crippen LogP contribution < -0.4 is 19.5 Å². The number of carbonyl (C=O) groups excluding carboxylic acids is 2. The zero-order valence-electron chi connectivity index (χ0n) is 18.5. The normalized spacial score (nSPS) is 14.0. The van der Waals surface area contributed by atoms with Crippen LogP contribution in [0.3, 0.4) is 0 Å². The summed E-state index contributed by atoms with van der Waals surface area (Å²) >= 11 is 5.88. The van der Waals surface area contributed by atoms with Gasteiger partial charge in [0.15, 0.2) is 23.8 Å². The van der Waals surface area contributed by atoms with Crippen molar-refractivity contribution in [3.8, 4) is 17.2 Å². The number of rotatable bonds is 6. The summed E-state index contributed by atoms with van der Waals surface area (Å²) in [4.78, 5) is 27.4. The van der Waals surface area contributed by atoms with E-state index in [1.54, 1.807) is 33.8 Å². The molecule has 9 nitrogen and oxygen atoms in total. The second kappa shape index (κ2) is 9.26. The number of aromatic nitrogens is 2. The molecule has 1 aromatic heterocycles. The van der Waals surface area contributed by atoms with Crippen LogP contribution in [-0.2, 0) is 31.4 Å². The van der Waals surface area contributed by atoms with Gasteiger partial charge in [0, 0.05) is 49.4 Å². The van der Waals surface area contributed by atoms with Gasteiger partial charge in [-0.1, -0.05) is 17.7 Å². The second-order valence-corrected chi connectivity index (χ2v) is 8.51. The Morgan fingerprint density at radius 1 is 1.15 bits per heavy atom. The number of hydrogen-bond acceptors (Lipinski definition) is 6. The molecule has 2 aliphatic rings. The first-order valence-electron chi connectivity index (χ1n) is 10.9. The lowest BCUT2D eigenvalue weighted by Gasteiger charge is -2.27. The molecule has 0 aliphatic carbocycles. The third kappa shape index (κ3) is 4.51. The lowest BCUT2D eigenvalue weighted by molar-refractivity contribution is -0.134. The van der Waals surface area contributed by atoms with E-state index in [-0.39, 0.29) is 25.2 Å². The minimum Gasteiger partial charge on any atom is -0.484 e. The number of carbonyl (C=O) groups is 2. The Morgan fingerprint density at radius 3 is 2.76 bits per heavy atom.